The molecule has 2 aromatic carbocycles. The molecule has 0 fully saturated rings. The summed E-state index contributed by atoms with van der Waals surface area (Å²) in [6.07, 6.45) is 0. The summed E-state index contributed by atoms with van der Waals surface area (Å²) in [5, 5.41) is 15.2. The van der Waals surface area contributed by atoms with Gasteiger partial charge in [-0.15, -0.1) is 5.10 Å². The van der Waals surface area contributed by atoms with Crippen LogP contribution in [0, 0.1) is 11.2 Å². The Morgan fingerprint density at radius 1 is 1.05 bits per heavy atom. The lowest BCUT2D eigenvalue weighted by atomic mass is 10.3. The SMILES string of the molecule is N=c1c(N)nc(Nc2ccc(F)cc2)nn1-c1ccccc1. The molecule has 0 bridgehead atoms. The normalized spacial score (nSPS) is 10.4. The summed E-state index contributed by atoms with van der Waals surface area (Å²) < 4.78 is 14.3. The van der Waals surface area contributed by atoms with E-state index in [-0.39, 0.29) is 23.1 Å². The van der Waals surface area contributed by atoms with Crippen molar-refractivity contribution in [1.29, 1.82) is 5.41 Å². The molecule has 0 amide bonds. The Morgan fingerprint density at radius 3 is 2.41 bits per heavy atom. The van der Waals surface area contributed by atoms with Crippen LogP contribution >= 0.6 is 0 Å². The van der Waals surface area contributed by atoms with Crippen LogP contribution in [0.15, 0.2) is 54.6 Å². The largest absolute Gasteiger partial charge is 0.380 e. The summed E-state index contributed by atoms with van der Waals surface area (Å²) in [5.41, 5.74) is 7.09. The average molecular weight is 296 g/mol. The van der Waals surface area contributed by atoms with Crippen LogP contribution in [-0.2, 0) is 0 Å². The van der Waals surface area contributed by atoms with Gasteiger partial charge in [0.1, 0.15) is 5.82 Å². The zero-order valence-electron chi connectivity index (χ0n) is 11.5. The minimum absolute atomic E-state index is 0.00384. The molecule has 1 heterocycles. The predicted octanol–water partition coefficient (Wildman–Crippen LogP) is 2.21. The number of rotatable bonds is 3. The summed E-state index contributed by atoms with van der Waals surface area (Å²) in [6.45, 7) is 0. The number of nitrogens with two attached hydrogens (primary N) is 1. The third-order valence-corrected chi connectivity index (χ3v) is 2.98. The first kappa shape index (κ1) is 13.7. The molecular formula is C15H13FN6. The molecule has 0 saturated heterocycles. The number of nitrogen functional groups attached to an aromatic ring is 1. The number of hydrogen-bond donors (Lipinski definition) is 3. The van der Waals surface area contributed by atoms with Gasteiger partial charge < -0.3 is 11.1 Å². The first-order valence-corrected chi connectivity index (χ1v) is 6.53. The molecular weight excluding hydrogens is 283 g/mol. The van der Waals surface area contributed by atoms with Crippen molar-refractivity contribution in [2.45, 2.75) is 0 Å². The zero-order valence-corrected chi connectivity index (χ0v) is 11.5. The van der Waals surface area contributed by atoms with Gasteiger partial charge in [0.15, 0.2) is 11.3 Å². The van der Waals surface area contributed by atoms with E-state index in [1.807, 2.05) is 30.3 Å². The maximum Gasteiger partial charge on any atom is 0.247 e. The number of nitrogens with zero attached hydrogens (tertiary/aromatic N) is 3. The first-order chi connectivity index (χ1) is 10.6. The second kappa shape index (κ2) is 5.65. The van der Waals surface area contributed by atoms with E-state index < -0.39 is 0 Å². The molecule has 0 unspecified atom stereocenters. The van der Waals surface area contributed by atoms with Gasteiger partial charge >= 0.3 is 0 Å². The van der Waals surface area contributed by atoms with Crippen molar-refractivity contribution in [3.05, 3.63) is 65.9 Å². The second-order valence-electron chi connectivity index (χ2n) is 4.55. The van der Waals surface area contributed by atoms with Crippen molar-refractivity contribution in [3.63, 3.8) is 0 Å². The highest BCUT2D eigenvalue weighted by Gasteiger charge is 2.07. The molecule has 4 N–H and O–H groups in total. The van der Waals surface area contributed by atoms with Crippen molar-refractivity contribution in [1.82, 2.24) is 14.8 Å². The van der Waals surface area contributed by atoms with Crippen molar-refractivity contribution in [2.24, 2.45) is 0 Å². The van der Waals surface area contributed by atoms with Crippen LogP contribution in [0.2, 0.25) is 0 Å². The van der Waals surface area contributed by atoms with Crippen LogP contribution in [0.4, 0.5) is 21.8 Å². The fraction of sp³-hybridized carbons (Fsp3) is 0. The summed E-state index contributed by atoms with van der Waals surface area (Å²) >= 11 is 0. The second-order valence-corrected chi connectivity index (χ2v) is 4.55. The van der Waals surface area contributed by atoms with Gasteiger partial charge in [-0.05, 0) is 36.4 Å². The highest BCUT2D eigenvalue weighted by Crippen LogP contribution is 2.13. The van der Waals surface area contributed by atoms with Gasteiger partial charge in [-0.25, -0.2) is 9.07 Å². The number of nitrogens with one attached hydrogen (secondary N) is 2. The van der Waals surface area contributed by atoms with Gasteiger partial charge in [0.2, 0.25) is 5.95 Å². The van der Waals surface area contributed by atoms with Gasteiger partial charge in [0, 0.05) is 5.69 Å². The molecule has 0 saturated carbocycles. The van der Waals surface area contributed by atoms with E-state index >= 15 is 0 Å². The lowest BCUT2D eigenvalue weighted by Gasteiger charge is -2.10. The van der Waals surface area contributed by atoms with E-state index in [2.05, 4.69) is 15.4 Å². The van der Waals surface area contributed by atoms with E-state index in [9.17, 15) is 4.39 Å². The van der Waals surface area contributed by atoms with E-state index in [1.54, 1.807) is 12.1 Å². The number of hydrogen-bond acceptors (Lipinski definition) is 5. The highest BCUT2D eigenvalue weighted by atomic mass is 19.1. The Balaban J connectivity index is 2.01. The van der Waals surface area contributed by atoms with E-state index in [0.717, 1.165) is 0 Å². The summed E-state index contributed by atoms with van der Waals surface area (Å²) in [6, 6.07) is 15.0. The number of anilines is 3. The van der Waals surface area contributed by atoms with Crippen LogP contribution in [0.5, 0.6) is 0 Å². The molecule has 0 aliphatic heterocycles. The lowest BCUT2D eigenvalue weighted by Crippen LogP contribution is -2.26. The first-order valence-electron chi connectivity index (χ1n) is 6.53. The molecule has 0 aliphatic carbocycles. The van der Waals surface area contributed by atoms with E-state index in [1.165, 1.54) is 16.8 Å². The molecule has 22 heavy (non-hydrogen) atoms. The number of aromatic nitrogens is 3. The molecule has 7 heteroatoms. The van der Waals surface area contributed by atoms with Crippen molar-refractivity contribution in [2.75, 3.05) is 11.1 Å². The molecule has 1 aromatic heterocycles. The topological polar surface area (TPSA) is 92.6 Å². The minimum Gasteiger partial charge on any atom is -0.380 e. The monoisotopic (exact) mass is 296 g/mol. The molecule has 0 atom stereocenters. The predicted molar refractivity (Wildman–Crippen MR) is 81.3 cm³/mol. The number of para-hydroxylation sites is 1. The number of halogens is 1. The van der Waals surface area contributed by atoms with Crippen LogP contribution in [-0.4, -0.2) is 14.8 Å². The van der Waals surface area contributed by atoms with Gasteiger partial charge in [-0.1, -0.05) is 18.2 Å². The summed E-state index contributed by atoms with van der Waals surface area (Å²) in [5.74, 6) is -0.0562. The Labute approximate surface area is 125 Å². The van der Waals surface area contributed by atoms with E-state index in [4.69, 9.17) is 11.1 Å². The van der Waals surface area contributed by atoms with Gasteiger partial charge in [0.25, 0.3) is 0 Å². The van der Waals surface area contributed by atoms with Gasteiger partial charge in [0.05, 0.1) is 5.69 Å². The Bertz CT molecular complexity index is 842. The maximum atomic E-state index is 12.9. The molecule has 3 rings (SSSR count). The van der Waals surface area contributed by atoms with Crippen LogP contribution in [0.3, 0.4) is 0 Å². The average Bonchev–Trinajstić information content (AvgIpc) is 2.54. The Kier molecular flexibility index (Phi) is 3.53. The van der Waals surface area contributed by atoms with Crippen LogP contribution in [0.25, 0.3) is 5.69 Å². The van der Waals surface area contributed by atoms with Crippen LogP contribution < -0.4 is 16.5 Å². The molecule has 6 nitrogen and oxygen atoms in total. The van der Waals surface area contributed by atoms with Crippen molar-refractivity contribution in [3.8, 4) is 5.69 Å². The Hall–Kier alpha value is -3.22. The molecule has 0 aliphatic rings. The summed E-state index contributed by atoms with van der Waals surface area (Å²) in [7, 11) is 0. The third kappa shape index (κ3) is 2.78. The minimum atomic E-state index is -0.327. The summed E-state index contributed by atoms with van der Waals surface area (Å²) in [4.78, 5) is 4.03. The highest BCUT2D eigenvalue weighted by molar-refractivity contribution is 5.53. The third-order valence-electron chi connectivity index (χ3n) is 2.98. The Morgan fingerprint density at radius 2 is 1.73 bits per heavy atom. The van der Waals surface area contributed by atoms with Crippen molar-refractivity contribution >= 4 is 17.5 Å². The van der Waals surface area contributed by atoms with Crippen molar-refractivity contribution < 1.29 is 4.39 Å². The standard InChI is InChI=1S/C15H13FN6/c16-10-6-8-11(9-7-10)19-15-20-13(17)14(18)22(21-15)12-4-2-1-3-5-12/h1-9,18H,(H3,17,19,20,21). The maximum absolute atomic E-state index is 12.9. The molecule has 110 valence electrons. The van der Waals surface area contributed by atoms with E-state index in [0.29, 0.717) is 11.4 Å². The number of benzene rings is 2. The quantitative estimate of drug-likeness (QED) is 0.691. The zero-order chi connectivity index (χ0) is 15.5. The van der Waals surface area contributed by atoms with Crippen LogP contribution in [0.1, 0.15) is 0 Å². The molecule has 3 aromatic rings. The molecule has 0 radical (unpaired) electrons. The van der Waals surface area contributed by atoms with Gasteiger partial charge in [-0.3, -0.25) is 5.41 Å². The van der Waals surface area contributed by atoms with Gasteiger partial charge in [-0.2, -0.15) is 4.98 Å². The molecule has 0 spiro atoms. The fourth-order valence-corrected chi connectivity index (χ4v) is 1.91. The fourth-order valence-electron chi connectivity index (χ4n) is 1.91. The lowest BCUT2D eigenvalue weighted by molar-refractivity contribution is 0.628. The smallest absolute Gasteiger partial charge is 0.247 e.